The number of nitrogens with two attached hydrogens (primary N) is 1. The van der Waals surface area contributed by atoms with Gasteiger partial charge in [-0.2, -0.15) is 18.4 Å². The number of pyridine rings is 1. The van der Waals surface area contributed by atoms with Crippen LogP contribution in [0, 0.1) is 11.3 Å². The second kappa shape index (κ2) is 7.10. The number of hydrogen-bond donors (Lipinski definition) is 1. The standard InChI is InChI=1S/C19H10Cl2F3N3/c20-12-4-5-16(21)14(7-12)17-8-13(15(9-25)18(26)27-17)10-2-1-3-11(6-10)19(22,23)24/h1-8H,(H2,26,27). The number of rotatable bonds is 2. The monoisotopic (exact) mass is 407 g/mol. The van der Waals surface area contributed by atoms with Crippen LogP contribution < -0.4 is 5.73 Å². The van der Waals surface area contributed by atoms with Crippen LogP contribution >= 0.6 is 23.2 Å². The van der Waals surface area contributed by atoms with Gasteiger partial charge in [0, 0.05) is 16.1 Å². The maximum atomic E-state index is 13.1. The van der Waals surface area contributed by atoms with E-state index in [-0.39, 0.29) is 22.5 Å². The molecule has 27 heavy (non-hydrogen) atoms. The summed E-state index contributed by atoms with van der Waals surface area (Å²) in [6, 6.07) is 12.7. The number of hydrogen-bond acceptors (Lipinski definition) is 3. The molecule has 3 aromatic rings. The molecule has 3 rings (SSSR count). The van der Waals surface area contributed by atoms with E-state index < -0.39 is 11.7 Å². The molecule has 0 bridgehead atoms. The predicted molar refractivity (Wildman–Crippen MR) is 99.3 cm³/mol. The Balaban J connectivity index is 2.26. The third-order valence-electron chi connectivity index (χ3n) is 3.86. The molecule has 0 atom stereocenters. The SMILES string of the molecule is N#Cc1c(-c2cccc(C(F)(F)F)c2)cc(-c2cc(Cl)ccc2Cl)nc1N. The molecule has 0 saturated carbocycles. The zero-order valence-electron chi connectivity index (χ0n) is 13.5. The number of nitrogen functional groups attached to an aromatic ring is 1. The summed E-state index contributed by atoms with van der Waals surface area (Å²) in [4.78, 5) is 4.16. The van der Waals surface area contributed by atoms with E-state index in [0.29, 0.717) is 21.3 Å². The molecule has 136 valence electrons. The maximum Gasteiger partial charge on any atom is 0.416 e. The van der Waals surface area contributed by atoms with Gasteiger partial charge in [-0.1, -0.05) is 35.3 Å². The maximum absolute atomic E-state index is 13.1. The van der Waals surface area contributed by atoms with Crippen LogP contribution in [0.2, 0.25) is 10.0 Å². The molecule has 0 aliphatic heterocycles. The van der Waals surface area contributed by atoms with Gasteiger partial charge in [0.15, 0.2) is 0 Å². The summed E-state index contributed by atoms with van der Waals surface area (Å²) in [5, 5.41) is 10.2. The van der Waals surface area contributed by atoms with Crippen LogP contribution in [-0.2, 0) is 6.18 Å². The topological polar surface area (TPSA) is 62.7 Å². The molecule has 3 nitrogen and oxygen atoms in total. The first-order valence-electron chi connectivity index (χ1n) is 7.54. The fraction of sp³-hybridized carbons (Fsp3) is 0.0526. The summed E-state index contributed by atoms with van der Waals surface area (Å²) in [5.41, 5.74) is 6.20. The lowest BCUT2D eigenvalue weighted by atomic mass is 9.97. The van der Waals surface area contributed by atoms with Crippen molar-refractivity contribution in [2.45, 2.75) is 6.18 Å². The second-order valence-electron chi connectivity index (χ2n) is 5.63. The van der Waals surface area contributed by atoms with Gasteiger partial charge < -0.3 is 5.73 Å². The summed E-state index contributed by atoms with van der Waals surface area (Å²) in [7, 11) is 0. The Morgan fingerprint density at radius 1 is 1.00 bits per heavy atom. The predicted octanol–water partition coefficient (Wildman–Crippen LogP) is 6.20. The smallest absolute Gasteiger partial charge is 0.383 e. The van der Waals surface area contributed by atoms with Crippen LogP contribution in [0.5, 0.6) is 0 Å². The number of anilines is 1. The first kappa shape index (κ1) is 19.0. The van der Waals surface area contributed by atoms with E-state index in [9.17, 15) is 18.4 Å². The highest BCUT2D eigenvalue weighted by atomic mass is 35.5. The Kier molecular flexibility index (Phi) is 5.01. The largest absolute Gasteiger partial charge is 0.416 e. The third kappa shape index (κ3) is 3.85. The average Bonchev–Trinajstić information content (AvgIpc) is 2.62. The lowest BCUT2D eigenvalue weighted by Gasteiger charge is -2.13. The zero-order valence-corrected chi connectivity index (χ0v) is 15.0. The molecule has 8 heteroatoms. The molecule has 1 heterocycles. The highest BCUT2D eigenvalue weighted by molar-refractivity contribution is 6.35. The fourth-order valence-corrected chi connectivity index (χ4v) is 2.99. The number of nitriles is 1. The Labute approximate surface area is 162 Å². The van der Waals surface area contributed by atoms with Crippen LogP contribution in [0.4, 0.5) is 19.0 Å². The van der Waals surface area contributed by atoms with Gasteiger partial charge in [0.1, 0.15) is 17.5 Å². The van der Waals surface area contributed by atoms with Crippen LogP contribution in [0.25, 0.3) is 22.4 Å². The second-order valence-corrected chi connectivity index (χ2v) is 6.47. The number of halogens is 5. The van der Waals surface area contributed by atoms with E-state index in [4.69, 9.17) is 28.9 Å². The minimum atomic E-state index is -4.51. The fourth-order valence-electron chi connectivity index (χ4n) is 2.60. The Bertz CT molecular complexity index is 1070. The van der Waals surface area contributed by atoms with Crippen LogP contribution in [0.15, 0.2) is 48.5 Å². The zero-order chi connectivity index (χ0) is 19.8. The van der Waals surface area contributed by atoms with E-state index in [1.807, 2.05) is 6.07 Å². The summed E-state index contributed by atoms with van der Waals surface area (Å²) in [6.07, 6.45) is -4.51. The Hall–Kier alpha value is -2.75. The van der Waals surface area contributed by atoms with Crippen molar-refractivity contribution in [3.05, 3.63) is 69.7 Å². The molecule has 0 spiro atoms. The highest BCUT2D eigenvalue weighted by Crippen LogP contribution is 2.37. The average molecular weight is 408 g/mol. The van der Waals surface area contributed by atoms with Gasteiger partial charge in [-0.3, -0.25) is 0 Å². The molecule has 0 fully saturated rings. The van der Waals surface area contributed by atoms with Gasteiger partial charge in [0.25, 0.3) is 0 Å². The van der Waals surface area contributed by atoms with Crippen molar-refractivity contribution >= 4 is 29.0 Å². The molecule has 0 radical (unpaired) electrons. The van der Waals surface area contributed by atoms with Crippen molar-refractivity contribution < 1.29 is 13.2 Å². The van der Waals surface area contributed by atoms with Crippen LogP contribution in [0.1, 0.15) is 11.1 Å². The molecule has 0 unspecified atom stereocenters. The van der Waals surface area contributed by atoms with Crippen LogP contribution in [0.3, 0.4) is 0 Å². The number of aromatic nitrogens is 1. The Morgan fingerprint density at radius 2 is 1.74 bits per heavy atom. The quantitative estimate of drug-likeness (QED) is 0.550. The number of alkyl halides is 3. The number of nitrogens with zero attached hydrogens (tertiary/aromatic N) is 2. The van der Waals surface area contributed by atoms with Gasteiger partial charge in [-0.05, 0) is 42.0 Å². The van der Waals surface area contributed by atoms with Crippen LogP contribution in [-0.4, -0.2) is 4.98 Å². The van der Waals surface area contributed by atoms with Crippen molar-refractivity contribution in [1.82, 2.24) is 4.98 Å². The van der Waals surface area contributed by atoms with E-state index in [1.165, 1.54) is 18.2 Å². The summed E-state index contributed by atoms with van der Waals surface area (Å²) in [6.45, 7) is 0. The third-order valence-corrected chi connectivity index (χ3v) is 4.43. The van der Waals surface area contributed by atoms with Gasteiger partial charge >= 0.3 is 6.18 Å². The van der Waals surface area contributed by atoms with E-state index in [1.54, 1.807) is 18.2 Å². The molecular weight excluding hydrogens is 398 g/mol. The molecule has 0 aliphatic rings. The molecule has 0 saturated heterocycles. The van der Waals surface area contributed by atoms with Gasteiger partial charge in [-0.15, -0.1) is 0 Å². The van der Waals surface area contributed by atoms with Crippen molar-refractivity contribution in [2.75, 3.05) is 5.73 Å². The summed E-state index contributed by atoms with van der Waals surface area (Å²) >= 11 is 12.2. The molecular formula is C19H10Cl2F3N3. The first-order chi connectivity index (χ1) is 12.7. The molecule has 1 aromatic heterocycles. The van der Waals surface area contributed by atoms with Crippen molar-refractivity contribution in [2.24, 2.45) is 0 Å². The highest BCUT2D eigenvalue weighted by Gasteiger charge is 2.30. The summed E-state index contributed by atoms with van der Waals surface area (Å²) in [5.74, 6) is -0.113. The lowest BCUT2D eigenvalue weighted by molar-refractivity contribution is -0.137. The van der Waals surface area contributed by atoms with E-state index in [0.717, 1.165) is 12.1 Å². The molecule has 0 aliphatic carbocycles. The summed E-state index contributed by atoms with van der Waals surface area (Å²) < 4.78 is 39.2. The normalized spacial score (nSPS) is 11.3. The van der Waals surface area contributed by atoms with Gasteiger partial charge in [0.05, 0.1) is 16.3 Å². The van der Waals surface area contributed by atoms with E-state index in [2.05, 4.69) is 4.98 Å². The van der Waals surface area contributed by atoms with Crippen molar-refractivity contribution in [3.8, 4) is 28.5 Å². The Morgan fingerprint density at radius 3 is 2.41 bits per heavy atom. The van der Waals surface area contributed by atoms with E-state index >= 15 is 0 Å². The van der Waals surface area contributed by atoms with Gasteiger partial charge in [-0.25, -0.2) is 4.98 Å². The molecule has 2 N–H and O–H groups in total. The van der Waals surface area contributed by atoms with Gasteiger partial charge in [0.2, 0.25) is 0 Å². The first-order valence-corrected chi connectivity index (χ1v) is 8.30. The minimum absolute atomic E-state index is 0.0174. The lowest BCUT2D eigenvalue weighted by Crippen LogP contribution is -2.05. The minimum Gasteiger partial charge on any atom is -0.383 e. The molecule has 2 aromatic carbocycles. The number of benzene rings is 2. The van der Waals surface area contributed by atoms with Crippen molar-refractivity contribution in [1.29, 1.82) is 5.26 Å². The molecule has 0 amide bonds. The van der Waals surface area contributed by atoms with Crippen molar-refractivity contribution in [3.63, 3.8) is 0 Å².